The van der Waals surface area contributed by atoms with Crippen LogP contribution in [0.25, 0.3) is 5.57 Å². The maximum Gasteiger partial charge on any atom is 0.192 e. The van der Waals surface area contributed by atoms with Gasteiger partial charge in [-0.3, -0.25) is 4.98 Å². The van der Waals surface area contributed by atoms with Crippen molar-refractivity contribution in [3.8, 4) is 0 Å². The maximum atomic E-state index is 6.91. The zero-order valence-corrected chi connectivity index (χ0v) is 23.1. The molecule has 0 radical (unpaired) electrons. The molecule has 180 valence electrons. The number of hydrogen-bond acceptors (Lipinski definition) is 2. The van der Waals surface area contributed by atoms with Gasteiger partial charge < -0.3 is 4.43 Å². The first-order valence-electron chi connectivity index (χ1n) is 13.4. The lowest BCUT2D eigenvalue weighted by molar-refractivity contribution is -0.0223. The quantitative estimate of drug-likeness (QED) is 0.331. The SMILES string of the molecule is CC12CCC(O[Si](C)(C)C(C)(C)C)CC1=CCC1C2CCC2(C)C(c3cccnc3)=CCC12. The Kier molecular flexibility index (Phi) is 5.65. The van der Waals surface area contributed by atoms with E-state index in [1.165, 1.54) is 50.5 Å². The largest absolute Gasteiger partial charge is 0.414 e. The van der Waals surface area contributed by atoms with E-state index in [4.69, 9.17) is 4.43 Å². The van der Waals surface area contributed by atoms with E-state index in [2.05, 4.69) is 83.2 Å². The van der Waals surface area contributed by atoms with Crippen molar-refractivity contribution in [1.82, 2.24) is 4.98 Å². The highest BCUT2D eigenvalue weighted by Gasteiger charge is 2.57. The number of rotatable bonds is 3. The summed E-state index contributed by atoms with van der Waals surface area (Å²) in [6, 6.07) is 4.36. The van der Waals surface area contributed by atoms with Crippen LogP contribution in [0, 0.1) is 28.6 Å². The molecular formula is C30H45NOSi. The van der Waals surface area contributed by atoms with Crippen molar-refractivity contribution in [2.45, 2.75) is 104 Å². The fraction of sp³-hybridized carbons (Fsp3) is 0.700. The summed E-state index contributed by atoms with van der Waals surface area (Å²) < 4.78 is 6.91. The standard InChI is InChI=1S/C30H45NOSi/c1-28(2,3)33(6,7)32-23-14-16-29(4)22(19-23)10-11-24-26-13-12-25(21-9-8-18-31-20-21)30(26,5)17-15-27(24)29/h8-10,12,18,20,23-24,26-27H,11,13-17,19H2,1-7H3. The lowest BCUT2D eigenvalue weighted by Gasteiger charge is -2.58. The maximum absolute atomic E-state index is 6.91. The zero-order chi connectivity index (χ0) is 23.6. The Hall–Kier alpha value is -1.19. The smallest absolute Gasteiger partial charge is 0.192 e. The lowest BCUT2D eigenvalue weighted by Crippen LogP contribution is -2.51. The third-order valence-electron chi connectivity index (χ3n) is 10.9. The van der Waals surface area contributed by atoms with Crippen molar-refractivity contribution in [1.29, 1.82) is 0 Å². The van der Waals surface area contributed by atoms with E-state index in [0.29, 0.717) is 16.9 Å². The molecule has 33 heavy (non-hydrogen) atoms. The van der Waals surface area contributed by atoms with E-state index in [-0.39, 0.29) is 5.04 Å². The van der Waals surface area contributed by atoms with Crippen LogP contribution in [0.2, 0.25) is 18.1 Å². The van der Waals surface area contributed by atoms with E-state index in [1.54, 1.807) is 11.1 Å². The fourth-order valence-corrected chi connectivity index (χ4v) is 9.25. The molecule has 4 aliphatic carbocycles. The second-order valence-electron chi connectivity index (χ2n) is 13.6. The Morgan fingerprint density at radius 2 is 1.76 bits per heavy atom. The van der Waals surface area contributed by atoms with Crippen molar-refractivity contribution in [2.24, 2.45) is 28.6 Å². The lowest BCUT2D eigenvalue weighted by atomic mass is 9.47. The van der Waals surface area contributed by atoms with Gasteiger partial charge in [-0.25, -0.2) is 0 Å². The van der Waals surface area contributed by atoms with Gasteiger partial charge in [0.15, 0.2) is 8.32 Å². The predicted molar refractivity (Wildman–Crippen MR) is 141 cm³/mol. The van der Waals surface area contributed by atoms with Gasteiger partial charge in [-0.2, -0.15) is 0 Å². The molecule has 1 aromatic rings. The van der Waals surface area contributed by atoms with Crippen LogP contribution in [0.5, 0.6) is 0 Å². The van der Waals surface area contributed by atoms with Gasteiger partial charge in [-0.05, 0) is 109 Å². The van der Waals surface area contributed by atoms with Gasteiger partial charge in [0, 0.05) is 18.5 Å². The molecule has 3 heteroatoms. The normalized spacial score (nSPS) is 38.6. The summed E-state index contributed by atoms with van der Waals surface area (Å²) >= 11 is 0. The number of pyridine rings is 1. The van der Waals surface area contributed by atoms with Gasteiger partial charge in [0.05, 0.1) is 0 Å². The molecule has 2 saturated carbocycles. The Labute approximate surface area is 203 Å². The summed E-state index contributed by atoms with van der Waals surface area (Å²) in [6.45, 7) is 17.1. The topological polar surface area (TPSA) is 22.1 Å². The van der Waals surface area contributed by atoms with Crippen LogP contribution in [-0.2, 0) is 4.43 Å². The van der Waals surface area contributed by atoms with Gasteiger partial charge in [0.25, 0.3) is 0 Å². The van der Waals surface area contributed by atoms with Crippen LogP contribution in [0.15, 0.2) is 42.3 Å². The summed E-state index contributed by atoms with van der Waals surface area (Å²) in [7, 11) is -1.71. The Balaban J connectivity index is 1.36. The molecule has 0 spiro atoms. The van der Waals surface area contributed by atoms with Crippen LogP contribution >= 0.6 is 0 Å². The molecule has 5 rings (SSSR count). The summed E-state index contributed by atoms with van der Waals surface area (Å²) in [5, 5.41) is 0.287. The highest BCUT2D eigenvalue weighted by Crippen LogP contribution is 2.66. The fourth-order valence-electron chi connectivity index (χ4n) is 7.86. The molecule has 6 unspecified atom stereocenters. The monoisotopic (exact) mass is 463 g/mol. The Bertz CT molecular complexity index is 957. The second-order valence-corrected chi connectivity index (χ2v) is 18.3. The molecule has 2 fully saturated rings. The van der Waals surface area contributed by atoms with Gasteiger partial charge in [0.2, 0.25) is 0 Å². The second kappa shape index (κ2) is 7.91. The summed E-state index contributed by atoms with van der Waals surface area (Å²) in [4.78, 5) is 4.43. The number of hydrogen-bond donors (Lipinski definition) is 0. The first-order chi connectivity index (χ1) is 15.5. The molecule has 0 bridgehead atoms. The molecule has 6 atom stereocenters. The molecule has 1 heterocycles. The van der Waals surface area contributed by atoms with E-state index in [1.807, 2.05) is 6.20 Å². The Morgan fingerprint density at radius 1 is 1.00 bits per heavy atom. The van der Waals surface area contributed by atoms with E-state index >= 15 is 0 Å². The summed E-state index contributed by atoms with van der Waals surface area (Å²) in [6.07, 6.45) is 18.6. The minimum absolute atomic E-state index is 0.287. The molecule has 2 nitrogen and oxygen atoms in total. The molecule has 0 aromatic carbocycles. The van der Waals surface area contributed by atoms with Gasteiger partial charge in [-0.15, -0.1) is 0 Å². The molecule has 4 aliphatic rings. The first-order valence-corrected chi connectivity index (χ1v) is 16.3. The van der Waals surface area contributed by atoms with Crippen molar-refractivity contribution < 1.29 is 4.43 Å². The number of nitrogens with zero attached hydrogens (tertiary/aromatic N) is 1. The molecule has 0 amide bonds. The molecular weight excluding hydrogens is 418 g/mol. The minimum atomic E-state index is -1.71. The highest BCUT2D eigenvalue weighted by molar-refractivity contribution is 6.74. The van der Waals surface area contributed by atoms with E-state index in [0.717, 1.165) is 17.8 Å². The van der Waals surface area contributed by atoms with E-state index < -0.39 is 8.32 Å². The Morgan fingerprint density at radius 3 is 2.45 bits per heavy atom. The van der Waals surface area contributed by atoms with Gasteiger partial charge in [-0.1, -0.05) is 58.4 Å². The van der Waals surface area contributed by atoms with Crippen molar-refractivity contribution in [3.05, 3.63) is 47.8 Å². The molecule has 0 N–H and O–H groups in total. The first kappa shape index (κ1) is 23.5. The molecule has 0 saturated heterocycles. The van der Waals surface area contributed by atoms with Gasteiger partial charge in [0.1, 0.15) is 0 Å². The third kappa shape index (κ3) is 3.73. The molecule has 1 aromatic heterocycles. The number of allylic oxidation sites excluding steroid dienone is 3. The number of aromatic nitrogens is 1. The minimum Gasteiger partial charge on any atom is -0.414 e. The van der Waals surface area contributed by atoms with Crippen LogP contribution in [0.1, 0.15) is 85.1 Å². The predicted octanol–water partition coefficient (Wildman–Crippen LogP) is 8.43. The molecule has 0 aliphatic heterocycles. The summed E-state index contributed by atoms with van der Waals surface area (Å²) in [5.41, 5.74) is 5.36. The van der Waals surface area contributed by atoms with Crippen molar-refractivity contribution >= 4 is 13.9 Å². The highest BCUT2D eigenvalue weighted by atomic mass is 28.4. The average Bonchev–Trinajstić information content (AvgIpc) is 3.11. The van der Waals surface area contributed by atoms with Crippen LogP contribution in [0.4, 0.5) is 0 Å². The third-order valence-corrected chi connectivity index (χ3v) is 15.4. The van der Waals surface area contributed by atoms with Crippen LogP contribution in [0.3, 0.4) is 0 Å². The van der Waals surface area contributed by atoms with E-state index in [9.17, 15) is 0 Å². The van der Waals surface area contributed by atoms with Gasteiger partial charge >= 0.3 is 0 Å². The average molecular weight is 464 g/mol. The van der Waals surface area contributed by atoms with Crippen molar-refractivity contribution in [3.63, 3.8) is 0 Å². The van der Waals surface area contributed by atoms with Crippen LogP contribution < -0.4 is 0 Å². The number of fused-ring (bicyclic) bond motifs is 5. The van der Waals surface area contributed by atoms with Crippen molar-refractivity contribution in [2.75, 3.05) is 0 Å². The van der Waals surface area contributed by atoms with Crippen LogP contribution in [-0.4, -0.2) is 19.4 Å². The summed E-state index contributed by atoms with van der Waals surface area (Å²) in [5.74, 6) is 2.44. The zero-order valence-electron chi connectivity index (χ0n) is 22.1.